The molecule has 136 valence electrons. The van der Waals surface area contributed by atoms with E-state index < -0.39 is 11.6 Å². The number of nitrogens with zero attached hydrogens (tertiary/aromatic N) is 1. The third kappa shape index (κ3) is 4.07. The molecule has 0 aromatic heterocycles. The van der Waals surface area contributed by atoms with Crippen molar-refractivity contribution in [2.24, 2.45) is 11.8 Å². The van der Waals surface area contributed by atoms with Crippen molar-refractivity contribution in [2.45, 2.75) is 19.9 Å². The molecule has 0 bridgehead atoms. The lowest BCUT2D eigenvalue weighted by Gasteiger charge is -2.17. The molecule has 2 unspecified atom stereocenters. The fourth-order valence-corrected chi connectivity index (χ4v) is 2.82. The monoisotopic (exact) mass is 358 g/mol. The van der Waals surface area contributed by atoms with Gasteiger partial charge in [0.15, 0.2) is 11.6 Å². The second kappa shape index (κ2) is 7.23. The number of benzene rings is 2. The zero-order chi connectivity index (χ0) is 18.8. The largest absolute Gasteiger partial charge is 0.337 e. The van der Waals surface area contributed by atoms with Gasteiger partial charge in [0.05, 0.1) is 0 Å². The quantitative estimate of drug-likeness (QED) is 0.883. The number of carbonyl (C=O) groups is 2. The van der Waals surface area contributed by atoms with Crippen molar-refractivity contribution >= 4 is 17.5 Å². The molecular weight excluding hydrogens is 338 g/mol. The first-order valence-corrected chi connectivity index (χ1v) is 8.45. The summed E-state index contributed by atoms with van der Waals surface area (Å²) in [7, 11) is 1.59. The Balaban J connectivity index is 1.61. The van der Waals surface area contributed by atoms with E-state index in [9.17, 15) is 18.4 Å². The lowest BCUT2D eigenvalue weighted by molar-refractivity contribution is -0.117. The standard InChI is InChI=1S/C20H20F2N2O2/c1-12-9-16(12)19(25)23-15-6-4-14(5-7-15)20(26)24(2)11-13-3-8-17(21)18(22)10-13/h3-8,10,12,16H,9,11H2,1-2H3,(H,23,25). The number of carbonyl (C=O) groups excluding carboxylic acids is 2. The SMILES string of the molecule is CC1CC1C(=O)Nc1ccc(C(=O)N(C)Cc2ccc(F)c(F)c2)cc1. The number of amides is 2. The van der Waals surface area contributed by atoms with Gasteiger partial charge in [0, 0.05) is 30.8 Å². The minimum atomic E-state index is -0.937. The lowest BCUT2D eigenvalue weighted by atomic mass is 10.1. The summed E-state index contributed by atoms with van der Waals surface area (Å²) in [6, 6.07) is 10.2. The molecule has 2 aromatic rings. The van der Waals surface area contributed by atoms with Gasteiger partial charge in [-0.2, -0.15) is 0 Å². The number of hydrogen-bond acceptors (Lipinski definition) is 2. The maximum absolute atomic E-state index is 13.3. The summed E-state index contributed by atoms with van der Waals surface area (Å²) in [5, 5.41) is 2.84. The number of anilines is 1. The van der Waals surface area contributed by atoms with E-state index in [1.54, 1.807) is 31.3 Å². The van der Waals surface area contributed by atoms with Crippen molar-refractivity contribution in [2.75, 3.05) is 12.4 Å². The predicted octanol–water partition coefficient (Wildman–Crippen LogP) is 3.83. The Morgan fingerprint density at radius 1 is 1.12 bits per heavy atom. The van der Waals surface area contributed by atoms with Gasteiger partial charge < -0.3 is 10.2 Å². The molecule has 0 saturated heterocycles. The van der Waals surface area contributed by atoms with Gasteiger partial charge in [0.1, 0.15) is 0 Å². The molecule has 2 aromatic carbocycles. The molecule has 1 aliphatic rings. The van der Waals surface area contributed by atoms with Gasteiger partial charge in [-0.15, -0.1) is 0 Å². The summed E-state index contributed by atoms with van der Waals surface area (Å²) in [6.07, 6.45) is 0.914. The Bertz CT molecular complexity index is 836. The second-order valence-corrected chi connectivity index (χ2v) is 6.80. The van der Waals surface area contributed by atoms with E-state index in [4.69, 9.17) is 0 Å². The predicted molar refractivity (Wildman–Crippen MR) is 94.5 cm³/mol. The van der Waals surface area contributed by atoms with E-state index in [2.05, 4.69) is 5.32 Å². The summed E-state index contributed by atoms with van der Waals surface area (Å²) >= 11 is 0. The van der Waals surface area contributed by atoms with Crippen LogP contribution >= 0.6 is 0 Å². The smallest absolute Gasteiger partial charge is 0.253 e. The number of hydrogen-bond donors (Lipinski definition) is 1. The summed E-state index contributed by atoms with van der Waals surface area (Å²) in [5.41, 5.74) is 1.60. The second-order valence-electron chi connectivity index (χ2n) is 6.80. The van der Waals surface area contributed by atoms with E-state index >= 15 is 0 Å². The highest BCUT2D eigenvalue weighted by atomic mass is 19.2. The van der Waals surface area contributed by atoms with E-state index in [-0.39, 0.29) is 24.3 Å². The van der Waals surface area contributed by atoms with Gasteiger partial charge in [-0.1, -0.05) is 13.0 Å². The highest BCUT2D eigenvalue weighted by Crippen LogP contribution is 2.38. The van der Waals surface area contributed by atoms with Crippen LogP contribution in [0, 0.1) is 23.5 Å². The van der Waals surface area contributed by atoms with Crippen LogP contribution in [-0.2, 0) is 11.3 Å². The first kappa shape index (κ1) is 18.0. The normalized spacial score (nSPS) is 18.3. The van der Waals surface area contributed by atoms with Gasteiger partial charge in [0.2, 0.25) is 5.91 Å². The fraction of sp³-hybridized carbons (Fsp3) is 0.300. The van der Waals surface area contributed by atoms with Gasteiger partial charge in [-0.3, -0.25) is 9.59 Å². The zero-order valence-electron chi connectivity index (χ0n) is 14.6. The number of nitrogens with one attached hydrogen (secondary N) is 1. The molecule has 1 aliphatic carbocycles. The highest BCUT2D eigenvalue weighted by molar-refractivity contribution is 5.96. The Morgan fingerprint density at radius 2 is 1.77 bits per heavy atom. The van der Waals surface area contributed by atoms with Crippen LogP contribution in [0.5, 0.6) is 0 Å². The van der Waals surface area contributed by atoms with Gasteiger partial charge in [0.25, 0.3) is 5.91 Å². The Labute approximate surface area is 150 Å². The van der Waals surface area contributed by atoms with Crippen LogP contribution in [0.1, 0.15) is 29.3 Å². The van der Waals surface area contributed by atoms with Crippen LogP contribution in [0.4, 0.5) is 14.5 Å². The molecule has 26 heavy (non-hydrogen) atoms. The Morgan fingerprint density at radius 3 is 2.35 bits per heavy atom. The van der Waals surface area contributed by atoms with Crippen molar-refractivity contribution in [3.05, 3.63) is 65.2 Å². The van der Waals surface area contributed by atoms with Crippen LogP contribution in [0.3, 0.4) is 0 Å². The van der Waals surface area contributed by atoms with Crippen molar-refractivity contribution < 1.29 is 18.4 Å². The Hall–Kier alpha value is -2.76. The average Bonchev–Trinajstić information content (AvgIpc) is 3.35. The molecular formula is C20H20F2N2O2. The average molecular weight is 358 g/mol. The molecule has 0 heterocycles. The molecule has 3 rings (SSSR count). The molecule has 1 N–H and O–H groups in total. The highest BCUT2D eigenvalue weighted by Gasteiger charge is 2.39. The molecule has 2 atom stereocenters. The first-order chi connectivity index (χ1) is 12.3. The maximum atomic E-state index is 13.3. The number of halogens is 2. The van der Waals surface area contributed by atoms with E-state index in [0.717, 1.165) is 18.6 Å². The molecule has 0 radical (unpaired) electrons. The van der Waals surface area contributed by atoms with Crippen molar-refractivity contribution in [3.8, 4) is 0 Å². The molecule has 4 nitrogen and oxygen atoms in total. The summed E-state index contributed by atoms with van der Waals surface area (Å²) in [4.78, 5) is 25.8. The third-order valence-electron chi connectivity index (χ3n) is 4.60. The Kier molecular flexibility index (Phi) is 5.02. The third-order valence-corrected chi connectivity index (χ3v) is 4.60. The lowest BCUT2D eigenvalue weighted by Crippen LogP contribution is -2.26. The topological polar surface area (TPSA) is 49.4 Å². The van der Waals surface area contributed by atoms with Crippen LogP contribution in [0.25, 0.3) is 0 Å². The molecule has 2 amide bonds. The summed E-state index contributed by atoms with van der Waals surface area (Å²) < 4.78 is 26.3. The van der Waals surface area contributed by atoms with Crippen LogP contribution in [0.2, 0.25) is 0 Å². The van der Waals surface area contributed by atoms with Gasteiger partial charge >= 0.3 is 0 Å². The first-order valence-electron chi connectivity index (χ1n) is 8.45. The molecule has 0 aliphatic heterocycles. The maximum Gasteiger partial charge on any atom is 0.253 e. The van der Waals surface area contributed by atoms with Crippen LogP contribution in [-0.4, -0.2) is 23.8 Å². The zero-order valence-corrected chi connectivity index (χ0v) is 14.6. The van der Waals surface area contributed by atoms with Crippen LogP contribution in [0.15, 0.2) is 42.5 Å². The van der Waals surface area contributed by atoms with E-state index in [1.165, 1.54) is 11.0 Å². The number of rotatable bonds is 5. The minimum Gasteiger partial charge on any atom is -0.337 e. The molecule has 6 heteroatoms. The van der Waals surface area contributed by atoms with Crippen LogP contribution < -0.4 is 5.32 Å². The summed E-state index contributed by atoms with van der Waals surface area (Å²) in [6.45, 7) is 2.20. The minimum absolute atomic E-state index is 0.00651. The van der Waals surface area contributed by atoms with Crippen molar-refractivity contribution in [3.63, 3.8) is 0 Å². The van der Waals surface area contributed by atoms with E-state index in [1.807, 2.05) is 6.92 Å². The van der Waals surface area contributed by atoms with Crippen molar-refractivity contribution in [1.29, 1.82) is 0 Å². The fourth-order valence-electron chi connectivity index (χ4n) is 2.82. The molecule has 0 spiro atoms. The molecule has 1 saturated carbocycles. The van der Waals surface area contributed by atoms with E-state index in [0.29, 0.717) is 22.7 Å². The van der Waals surface area contributed by atoms with Crippen molar-refractivity contribution in [1.82, 2.24) is 4.90 Å². The van der Waals surface area contributed by atoms with Gasteiger partial charge in [-0.05, 0) is 54.3 Å². The van der Waals surface area contributed by atoms with Gasteiger partial charge in [-0.25, -0.2) is 8.78 Å². The summed E-state index contributed by atoms with van der Waals surface area (Å²) in [5.74, 6) is -1.58. The molecule has 1 fully saturated rings.